The molecule has 0 bridgehead atoms. The molecule has 100 valence electrons. The average molecular weight is 298 g/mol. The number of nitrogens with two attached hydrogens (primary N) is 1. The molecule has 0 radical (unpaired) electrons. The zero-order chi connectivity index (χ0) is 13.6. The predicted molar refractivity (Wildman–Crippen MR) is 74.6 cm³/mol. The monoisotopic (exact) mass is 298 g/mol. The normalized spacial score (nSPS) is 29.0. The van der Waals surface area contributed by atoms with E-state index in [1.807, 2.05) is 12.1 Å². The molecule has 1 aromatic carbocycles. The van der Waals surface area contributed by atoms with Crippen molar-refractivity contribution in [2.45, 2.75) is 9.58 Å². The second-order valence-electron chi connectivity index (χ2n) is 4.33. The Morgan fingerprint density at radius 1 is 1.53 bits per heavy atom. The second-order valence-corrected chi connectivity index (χ2v) is 7.18. The Morgan fingerprint density at radius 2 is 2.26 bits per heavy atom. The van der Waals surface area contributed by atoms with Gasteiger partial charge in [0.1, 0.15) is 6.54 Å². The fourth-order valence-corrected chi connectivity index (χ4v) is 5.45. The number of alkyl halides is 1. The molecule has 1 fully saturated rings. The number of nitrogens with zero attached hydrogens (tertiary/aromatic N) is 1. The van der Waals surface area contributed by atoms with E-state index in [9.17, 15) is 14.0 Å². The first kappa shape index (κ1) is 12.8. The minimum atomic E-state index is -1.07. The molecule has 0 saturated carbocycles. The molecule has 0 aliphatic carbocycles. The molecule has 2 aliphatic heterocycles. The first-order valence-corrected chi connectivity index (χ1v) is 7.57. The summed E-state index contributed by atoms with van der Waals surface area (Å²) in [6.07, 6.45) is 0. The number of fused-ring (bicyclic) bond motifs is 2. The molecular weight excluding hydrogens is 287 g/mol. The Morgan fingerprint density at radius 3 is 2.89 bits per heavy atom. The van der Waals surface area contributed by atoms with Crippen molar-refractivity contribution in [3.05, 3.63) is 29.8 Å². The van der Waals surface area contributed by atoms with Crippen molar-refractivity contribution in [1.29, 1.82) is 0 Å². The molecule has 0 aromatic heterocycles. The number of rotatable bonds is 2. The molecule has 1 spiro atoms. The first-order valence-electron chi connectivity index (χ1n) is 5.70. The van der Waals surface area contributed by atoms with Crippen LogP contribution >= 0.6 is 23.5 Å². The van der Waals surface area contributed by atoms with E-state index in [4.69, 9.17) is 5.73 Å². The molecule has 4 nitrogen and oxygen atoms in total. The van der Waals surface area contributed by atoms with E-state index in [-0.39, 0.29) is 18.2 Å². The van der Waals surface area contributed by atoms with Crippen molar-refractivity contribution >= 4 is 41.0 Å². The lowest BCUT2D eigenvalue weighted by Gasteiger charge is -2.21. The SMILES string of the molecule is NC(=O)CN1C(=O)C2(SCC(F)S2)c2ccccc21. The molecule has 2 heterocycles. The first-order chi connectivity index (χ1) is 9.04. The number of hydrogen-bond acceptors (Lipinski definition) is 4. The molecule has 2 amide bonds. The smallest absolute Gasteiger partial charge is 0.258 e. The highest BCUT2D eigenvalue weighted by Crippen LogP contribution is 2.61. The maximum absolute atomic E-state index is 13.6. The van der Waals surface area contributed by atoms with E-state index in [0.29, 0.717) is 5.69 Å². The van der Waals surface area contributed by atoms with Crippen molar-refractivity contribution < 1.29 is 14.0 Å². The van der Waals surface area contributed by atoms with Gasteiger partial charge < -0.3 is 10.6 Å². The van der Waals surface area contributed by atoms with E-state index in [0.717, 1.165) is 17.3 Å². The van der Waals surface area contributed by atoms with Crippen molar-refractivity contribution in [3.63, 3.8) is 0 Å². The molecule has 1 aromatic rings. The summed E-state index contributed by atoms with van der Waals surface area (Å²) in [5.74, 6) is -0.567. The minimum absolute atomic E-state index is 0.171. The van der Waals surface area contributed by atoms with Crippen molar-refractivity contribution in [1.82, 2.24) is 0 Å². The Labute approximate surface area is 117 Å². The van der Waals surface area contributed by atoms with Crippen molar-refractivity contribution in [3.8, 4) is 0 Å². The number of amides is 2. The third kappa shape index (κ3) is 1.83. The summed E-state index contributed by atoms with van der Waals surface area (Å²) in [5, 5.41) is 0. The molecule has 2 atom stereocenters. The van der Waals surface area contributed by atoms with Crippen LogP contribution in [0.4, 0.5) is 10.1 Å². The van der Waals surface area contributed by atoms with Crippen LogP contribution in [-0.2, 0) is 13.7 Å². The van der Waals surface area contributed by atoms with Crippen molar-refractivity contribution in [2.75, 3.05) is 17.2 Å². The number of thioether (sulfide) groups is 2. The molecule has 3 rings (SSSR count). The lowest BCUT2D eigenvalue weighted by Crippen LogP contribution is -2.40. The van der Waals surface area contributed by atoms with Gasteiger partial charge in [-0.15, -0.1) is 11.8 Å². The van der Waals surface area contributed by atoms with E-state index in [1.165, 1.54) is 16.7 Å². The van der Waals surface area contributed by atoms with Gasteiger partial charge in [0.15, 0.2) is 9.58 Å². The van der Waals surface area contributed by atoms with E-state index >= 15 is 0 Å². The van der Waals surface area contributed by atoms with Crippen LogP contribution in [0.2, 0.25) is 0 Å². The number of hydrogen-bond donors (Lipinski definition) is 1. The van der Waals surface area contributed by atoms with Gasteiger partial charge in [-0.05, 0) is 6.07 Å². The largest absolute Gasteiger partial charge is 0.368 e. The van der Waals surface area contributed by atoms with Crippen LogP contribution in [-0.4, -0.2) is 29.6 Å². The fourth-order valence-electron chi connectivity index (χ4n) is 2.39. The Balaban J connectivity index is 2.09. The van der Waals surface area contributed by atoms with E-state index < -0.39 is 15.5 Å². The van der Waals surface area contributed by atoms with E-state index in [2.05, 4.69) is 0 Å². The number of para-hydroxylation sites is 1. The summed E-state index contributed by atoms with van der Waals surface area (Å²) in [6, 6.07) is 7.18. The van der Waals surface area contributed by atoms with Crippen LogP contribution < -0.4 is 10.6 Å². The topological polar surface area (TPSA) is 63.4 Å². The predicted octanol–water partition coefficient (Wildman–Crippen LogP) is 1.45. The van der Waals surface area contributed by atoms with Gasteiger partial charge in [-0.2, -0.15) is 0 Å². The number of primary amides is 1. The van der Waals surface area contributed by atoms with Crippen LogP contribution in [0, 0.1) is 0 Å². The summed E-state index contributed by atoms with van der Waals surface area (Å²) in [5.41, 5.74) is 5.53. The minimum Gasteiger partial charge on any atom is -0.368 e. The van der Waals surface area contributed by atoms with Gasteiger partial charge in [0.2, 0.25) is 5.91 Å². The van der Waals surface area contributed by atoms with Gasteiger partial charge in [0.05, 0.1) is 5.69 Å². The third-order valence-electron chi connectivity index (χ3n) is 3.10. The maximum Gasteiger partial charge on any atom is 0.258 e. The Hall–Kier alpha value is -1.21. The average Bonchev–Trinajstić information content (AvgIpc) is 2.86. The summed E-state index contributed by atoms with van der Waals surface area (Å²) in [7, 11) is 0. The third-order valence-corrected chi connectivity index (χ3v) is 6.36. The molecule has 2 N–H and O–H groups in total. The fraction of sp³-hybridized carbons (Fsp3) is 0.333. The summed E-state index contributed by atoms with van der Waals surface area (Å²) < 4.78 is 12.6. The Kier molecular flexibility index (Phi) is 2.98. The highest BCUT2D eigenvalue weighted by atomic mass is 32.2. The molecule has 2 unspecified atom stereocenters. The van der Waals surface area contributed by atoms with Crippen molar-refractivity contribution in [2.24, 2.45) is 5.73 Å². The summed E-state index contributed by atoms with van der Waals surface area (Å²) in [6.45, 7) is -0.171. The number of carbonyl (C=O) groups excluding carboxylic acids is 2. The van der Waals surface area contributed by atoms with Crippen LogP contribution in [0.5, 0.6) is 0 Å². The van der Waals surface area contributed by atoms with Crippen LogP contribution in [0.3, 0.4) is 0 Å². The molecule has 19 heavy (non-hydrogen) atoms. The lowest BCUT2D eigenvalue weighted by molar-refractivity contribution is -0.122. The van der Waals surface area contributed by atoms with Gasteiger partial charge in [-0.1, -0.05) is 30.0 Å². The number of carbonyl (C=O) groups is 2. The highest BCUT2D eigenvalue weighted by molar-refractivity contribution is 8.22. The standard InChI is InChI=1S/C12H11FN2O2S2/c13-9-6-18-12(19-9)7-3-1-2-4-8(7)15(11(12)17)5-10(14)16/h1-4,9H,5-6H2,(H2,14,16). The van der Waals surface area contributed by atoms with Gasteiger partial charge in [0, 0.05) is 11.3 Å². The van der Waals surface area contributed by atoms with Gasteiger partial charge in [-0.3, -0.25) is 9.59 Å². The van der Waals surface area contributed by atoms with Gasteiger partial charge in [0.25, 0.3) is 5.91 Å². The molecular formula is C12H11FN2O2S2. The lowest BCUT2D eigenvalue weighted by atomic mass is 10.1. The van der Waals surface area contributed by atoms with Crippen LogP contribution in [0.1, 0.15) is 5.56 Å². The maximum atomic E-state index is 13.6. The molecule has 1 saturated heterocycles. The summed E-state index contributed by atoms with van der Waals surface area (Å²) in [4.78, 5) is 25.1. The molecule has 2 aliphatic rings. The van der Waals surface area contributed by atoms with Gasteiger partial charge >= 0.3 is 0 Å². The molecule has 7 heteroatoms. The van der Waals surface area contributed by atoms with E-state index in [1.54, 1.807) is 12.1 Å². The zero-order valence-corrected chi connectivity index (χ0v) is 11.5. The highest BCUT2D eigenvalue weighted by Gasteiger charge is 2.56. The number of anilines is 1. The van der Waals surface area contributed by atoms with Crippen LogP contribution in [0.15, 0.2) is 24.3 Å². The quantitative estimate of drug-likeness (QED) is 0.897. The van der Waals surface area contributed by atoms with Gasteiger partial charge in [-0.25, -0.2) is 4.39 Å². The number of benzene rings is 1. The number of halogens is 1. The summed E-state index contributed by atoms with van der Waals surface area (Å²) >= 11 is 2.30. The Bertz CT molecular complexity index is 568. The zero-order valence-electron chi connectivity index (χ0n) is 9.84. The van der Waals surface area contributed by atoms with Crippen LogP contribution in [0.25, 0.3) is 0 Å². The second kappa shape index (κ2) is 4.42.